The smallest absolute Gasteiger partial charge is 0.0962 e. The van der Waals surface area contributed by atoms with Gasteiger partial charge in [-0.3, -0.25) is 0 Å². The van der Waals surface area contributed by atoms with Crippen molar-refractivity contribution in [1.82, 2.24) is 0 Å². The number of aliphatic hydroxyl groups is 1. The Morgan fingerprint density at radius 3 is 1.92 bits per heavy atom. The van der Waals surface area contributed by atoms with Gasteiger partial charge in [-0.25, -0.2) is 0 Å². The SMILES string of the molecule is [CH2-]CC(C)CC(C)(S)C([CH2-])(CC(C)C)CC(C)CO.[CH2-]CC1(C(C)(S)CC([CH2-])C)CC(C)C=C(C)O1.[Y].[Y]. The molecule has 0 spiro atoms. The van der Waals surface area contributed by atoms with Gasteiger partial charge in [0.05, 0.1) is 11.4 Å². The van der Waals surface area contributed by atoms with E-state index >= 15 is 0 Å². The second-order valence-electron chi connectivity index (χ2n) is 13.1. The number of thiol groups is 2. The summed E-state index contributed by atoms with van der Waals surface area (Å²) in [4.78, 5) is 0. The van der Waals surface area contributed by atoms with Crippen LogP contribution in [0.15, 0.2) is 11.8 Å². The molecule has 8 atom stereocenters. The summed E-state index contributed by atoms with van der Waals surface area (Å²) in [6, 6.07) is 0. The molecule has 1 aliphatic rings. The van der Waals surface area contributed by atoms with Crippen LogP contribution in [0.2, 0.25) is 0 Å². The predicted molar refractivity (Wildman–Crippen MR) is 167 cm³/mol. The van der Waals surface area contributed by atoms with E-state index in [4.69, 9.17) is 30.0 Å². The molecule has 1 N–H and O–H groups in total. The first-order chi connectivity index (χ1) is 16.3. The normalized spacial score (nSPS) is 26.3. The van der Waals surface area contributed by atoms with Crippen molar-refractivity contribution in [2.24, 2.45) is 35.0 Å². The molecule has 0 aliphatic carbocycles. The number of aliphatic hydroxyl groups excluding tert-OH is 1. The van der Waals surface area contributed by atoms with Crippen LogP contribution in [0.4, 0.5) is 0 Å². The van der Waals surface area contributed by atoms with Gasteiger partial charge in [0.1, 0.15) is 0 Å². The number of allylic oxidation sites excluding steroid dienone is 2. The molecule has 1 rings (SSSR count). The Morgan fingerprint density at radius 1 is 1.03 bits per heavy atom. The molecule has 1 heterocycles. The average molecular weight is 719 g/mol. The van der Waals surface area contributed by atoms with Gasteiger partial charge in [0.2, 0.25) is 0 Å². The van der Waals surface area contributed by atoms with Crippen molar-refractivity contribution >= 4 is 25.3 Å². The Labute approximate surface area is 300 Å². The van der Waals surface area contributed by atoms with Crippen LogP contribution in [0.25, 0.3) is 0 Å². The van der Waals surface area contributed by atoms with Crippen LogP contribution in [-0.4, -0.2) is 26.8 Å². The van der Waals surface area contributed by atoms with E-state index < -0.39 is 0 Å². The Balaban J connectivity index is -0.000000615. The van der Waals surface area contributed by atoms with Crippen LogP contribution >= 0.6 is 25.3 Å². The zero-order valence-electron chi connectivity index (χ0n) is 26.4. The van der Waals surface area contributed by atoms with Crippen LogP contribution in [0.5, 0.6) is 0 Å². The van der Waals surface area contributed by atoms with Gasteiger partial charge in [0.15, 0.2) is 0 Å². The van der Waals surface area contributed by atoms with E-state index in [2.05, 4.69) is 89.2 Å². The topological polar surface area (TPSA) is 29.5 Å². The largest absolute Gasteiger partial charge is 0.493 e. The summed E-state index contributed by atoms with van der Waals surface area (Å²) >= 11 is 9.86. The maximum absolute atomic E-state index is 9.36. The Bertz CT molecular complexity index is 666. The van der Waals surface area contributed by atoms with E-state index in [-0.39, 0.29) is 98.5 Å². The zero-order chi connectivity index (χ0) is 28.5. The number of hydrogen-bond acceptors (Lipinski definition) is 4. The monoisotopic (exact) mass is 718 g/mol. The molecule has 2 radical (unpaired) electrons. The molecule has 0 amide bonds. The molecule has 8 unspecified atom stereocenters. The molecule has 0 saturated heterocycles. The number of hydrogen-bond donors (Lipinski definition) is 3. The summed E-state index contributed by atoms with van der Waals surface area (Å²) in [5, 5.41) is 9.36. The van der Waals surface area contributed by atoms with E-state index in [1.807, 2.05) is 6.92 Å². The van der Waals surface area contributed by atoms with Crippen LogP contribution in [0.1, 0.15) is 107 Å². The van der Waals surface area contributed by atoms with Crippen LogP contribution in [-0.2, 0) is 70.2 Å². The van der Waals surface area contributed by atoms with Gasteiger partial charge in [-0.1, -0.05) is 73.6 Å². The molecule has 1 aliphatic heterocycles. The maximum Gasteiger partial charge on any atom is 0.0962 e. The fourth-order valence-corrected chi connectivity index (χ4v) is 7.07. The minimum Gasteiger partial charge on any atom is -0.493 e. The molecular formula is C32H60O2S2Y2-4. The fraction of sp³-hybridized carbons (Fsp3) is 0.812. The molecule has 0 bridgehead atoms. The molecule has 222 valence electrons. The first kappa shape index (κ1) is 44.8. The van der Waals surface area contributed by atoms with E-state index in [0.29, 0.717) is 23.7 Å². The number of ether oxygens (including phenoxy) is 1. The first-order valence-corrected chi connectivity index (χ1v) is 14.9. The van der Waals surface area contributed by atoms with Crippen molar-refractivity contribution < 1.29 is 75.3 Å². The third-order valence-electron chi connectivity index (χ3n) is 7.89. The van der Waals surface area contributed by atoms with Crippen molar-refractivity contribution in [1.29, 1.82) is 0 Å². The second-order valence-corrected chi connectivity index (χ2v) is 15.1. The van der Waals surface area contributed by atoms with Gasteiger partial charge in [0, 0.05) is 76.8 Å². The molecule has 0 saturated carbocycles. The molecule has 38 heavy (non-hydrogen) atoms. The summed E-state index contributed by atoms with van der Waals surface area (Å²) in [6.07, 6.45) is 8.77. The van der Waals surface area contributed by atoms with Gasteiger partial charge in [-0.15, -0.1) is 11.8 Å². The van der Waals surface area contributed by atoms with Crippen LogP contribution < -0.4 is 0 Å². The van der Waals surface area contributed by atoms with Gasteiger partial charge in [-0.2, -0.15) is 37.6 Å². The van der Waals surface area contributed by atoms with E-state index in [1.165, 1.54) is 0 Å². The van der Waals surface area contributed by atoms with Crippen molar-refractivity contribution in [3.8, 4) is 0 Å². The second kappa shape index (κ2) is 19.6. The van der Waals surface area contributed by atoms with Crippen molar-refractivity contribution in [2.45, 2.75) is 122 Å². The standard InChI is InChI=1S/C17H34OS.C15H26OS.2Y/c1-8-14(4)11-17(7,19)16(6,9-13(2)3)10-15(5)12-18;1-7-15(14(6,17)9-11(2)3)10-12(4)8-13(5)16-15;;/h13-15,18-19H,1,6,8-12H2,2-5,7H3;8,11-12,17H,1-2,7,9-10H2,3-6H3;;/q2*-2;;. The van der Waals surface area contributed by atoms with E-state index in [1.54, 1.807) is 0 Å². The van der Waals surface area contributed by atoms with Gasteiger partial charge >= 0.3 is 0 Å². The fourth-order valence-electron chi connectivity index (χ4n) is 6.01. The summed E-state index contributed by atoms with van der Waals surface area (Å²) in [5.41, 5.74) is -0.365. The van der Waals surface area contributed by atoms with Gasteiger partial charge < -0.3 is 37.5 Å². The van der Waals surface area contributed by atoms with Crippen molar-refractivity contribution in [3.63, 3.8) is 0 Å². The summed E-state index contributed by atoms with van der Waals surface area (Å²) in [6.45, 7) is 36.5. The summed E-state index contributed by atoms with van der Waals surface area (Å²) in [5.74, 6) is 3.32. The third kappa shape index (κ3) is 14.3. The third-order valence-corrected chi connectivity index (χ3v) is 9.14. The molecule has 2 nitrogen and oxygen atoms in total. The molecule has 0 aromatic heterocycles. The minimum absolute atomic E-state index is 0. The Hall–Kier alpha value is 2.41. The van der Waals surface area contributed by atoms with Crippen LogP contribution in [0.3, 0.4) is 0 Å². The molecule has 0 aromatic carbocycles. The van der Waals surface area contributed by atoms with Crippen molar-refractivity contribution in [3.05, 3.63) is 39.5 Å². The molecule has 0 aromatic rings. The molecule has 6 heteroatoms. The minimum atomic E-state index is -0.264. The molecular weight excluding hydrogens is 658 g/mol. The van der Waals surface area contributed by atoms with E-state index in [0.717, 1.165) is 50.7 Å². The summed E-state index contributed by atoms with van der Waals surface area (Å²) in [7, 11) is 0. The Kier molecular flexibility index (Phi) is 23.2. The zero-order valence-corrected chi connectivity index (χ0v) is 33.8. The van der Waals surface area contributed by atoms with E-state index in [9.17, 15) is 5.11 Å². The predicted octanol–water partition coefficient (Wildman–Crippen LogP) is 9.26. The Morgan fingerprint density at radius 2 is 1.55 bits per heavy atom. The number of rotatable bonds is 13. The molecule has 0 fully saturated rings. The maximum atomic E-state index is 9.36. The van der Waals surface area contributed by atoms with Gasteiger partial charge in [-0.05, 0) is 55.3 Å². The quantitative estimate of drug-likeness (QED) is 0.131. The van der Waals surface area contributed by atoms with Crippen LogP contribution in [0, 0.1) is 62.7 Å². The summed E-state index contributed by atoms with van der Waals surface area (Å²) < 4.78 is 5.83. The van der Waals surface area contributed by atoms with Gasteiger partial charge in [0.25, 0.3) is 0 Å². The van der Waals surface area contributed by atoms with Crippen molar-refractivity contribution in [2.75, 3.05) is 6.61 Å². The first-order valence-electron chi connectivity index (χ1n) is 14.0. The average Bonchev–Trinajstić information content (AvgIpc) is 2.71.